The highest BCUT2D eigenvalue weighted by atomic mass is 35.5. The number of nitrogens with zero attached hydrogens (tertiary/aromatic N) is 5. The molecule has 14 nitrogen and oxygen atoms in total. The topological polar surface area (TPSA) is 168 Å². The SMILES string of the molecule is CCNC(=O)[C@H]1O[C@@H](n2cnc3c(NNC(=O)c4cc(-c5ccccc5)on4)nc(Cl)nc32)[C@@H]2OC(C)(C)O[C@@H]21. The molecule has 0 bridgehead atoms. The molecule has 4 atom stereocenters. The van der Waals surface area contributed by atoms with E-state index in [9.17, 15) is 9.59 Å². The van der Waals surface area contributed by atoms with E-state index < -0.39 is 36.2 Å². The van der Waals surface area contributed by atoms with Crippen LogP contribution in [0.5, 0.6) is 0 Å². The number of likely N-dealkylation sites (N-methyl/N-ethyl adjacent to an activating group) is 1. The van der Waals surface area contributed by atoms with Gasteiger partial charge >= 0.3 is 0 Å². The van der Waals surface area contributed by atoms with Gasteiger partial charge in [0.2, 0.25) is 5.28 Å². The van der Waals surface area contributed by atoms with E-state index in [0.717, 1.165) is 5.56 Å². The summed E-state index contributed by atoms with van der Waals surface area (Å²) in [7, 11) is 0. The molecule has 2 aliphatic heterocycles. The molecule has 3 N–H and O–H groups in total. The summed E-state index contributed by atoms with van der Waals surface area (Å²) >= 11 is 6.24. The van der Waals surface area contributed by atoms with Crippen LogP contribution in [0, 0.1) is 0 Å². The van der Waals surface area contributed by atoms with E-state index in [1.807, 2.05) is 37.3 Å². The van der Waals surface area contributed by atoms with Gasteiger partial charge < -0.3 is 24.1 Å². The van der Waals surface area contributed by atoms with Gasteiger partial charge in [0, 0.05) is 18.2 Å². The van der Waals surface area contributed by atoms with E-state index in [1.165, 1.54) is 12.4 Å². The van der Waals surface area contributed by atoms with Crippen LogP contribution in [0.15, 0.2) is 47.2 Å². The van der Waals surface area contributed by atoms with Gasteiger partial charge in [-0.2, -0.15) is 9.97 Å². The van der Waals surface area contributed by atoms with Crippen LogP contribution in [0.2, 0.25) is 5.28 Å². The number of anilines is 1. The fourth-order valence-electron chi connectivity index (χ4n) is 4.75. The summed E-state index contributed by atoms with van der Waals surface area (Å²) < 4.78 is 25.1. The zero-order valence-electron chi connectivity index (χ0n) is 21.6. The maximum Gasteiger partial charge on any atom is 0.291 e. The molecule has 0 saturated carbocycles. The van der Waals surface area contributed by atoms with Crippen molar-refractivity contribution in [3.8, 4) is 11.3 Å². The molecule has 6 rings (SSSR count). The molecule has 2 saturated heterocycles. The first kappa shape index (κ1) is 26.1. The van der Waals surface area contributed by atoms with Crippen LogP contribution in [0.1, 0.15) is 37.5 Å². The van der Waals surface area contributed by atoms with Crippen molar-refractivity contribution in [2.75, 3.05) is 12.0 Å². The van der Waals surface area contributed by atoms with Crippen molar-refractivity contribution in [2.24, 2.45) is 0 Å². The molecular formula is C25H25ClN8O6. The van der Waals surface area contributed by atoms with Crippen molar-refractivity contribution >= 4 is 40.4 Å². The van der Waals surface area contributed by atoms with E-state index in [-0.39, 0.29) is 33.9 Å². The third-order valence-corrected chi connectivity index (χ3v) is 6.57. The number of carbonyl (C=O) groups excluding carboxylic acids is 2. The lowest BCUT2D eigenvalue weighted by molar-refractivity contribution is -0.197. The van der Waals surface area contributed by atoms with Crippen LogP contribution in [0.25, 0.3) is 22.5 Å². The molecule has 5 heterocycles. The quantitative estimate of drug-likeness (QED) is 0.221. The van der Waals surface area contributed by atoms with Crippen molar-refractivity contribution in [3.05, 3.63) is 53.7 Å². The standard InChI is InChI=1S/C25H25ClN8O6/c1-4-27-22(36)17-16-18(39-25(2,3)38-16)23(37-17)34-11-28-15-19(29-24(26)30-20(15)34)31-32-21(35)13-10-14(40-33-13)12-8-6-5-7-9-12/h5-11,16-18,23H,4H2,1-3H3,(H,27,36)(H,32,35)(H,29,30,31)/t16-,17+,18-,23-/m1/s1. The van der Waals surface area contributed by atoms with Gasteiger partial charge in [-0.05, 0) is 32.4 Å². The maximum absolute atomic E-state index is 12.8. The summed E-state index contributed by atoms with van der Waals surface area (Å²) in [6.45, 7) is 5.79. The van der Waals surface area contributed by atoms with Crippen molar-refractivity contribution < 1.29 is 28.3 Å². The van der Waals surface area contributed by atoms with E-state index in [4.69, 9.17) is 30.3 Å². The smallest absolute Gasteiger partial charge is 0.291 e. The molecule has 0 spiro atoms. The van der Waals surface area contributed by atoms with Gasteiger partial charge in [-0.25, -0.2) is 4.98 Å². The molecule has 2 fully saturated rings. The van der Waals surface area contributed by atoms with Crippen molar-refractivity contribution in [3.63, 3.8) is 0 Å². The van der Waals surface area contributed by atoms with Gasteiger partial charge in [0.1, 0.15) is 12.2 Å². The Kier molecular flexibility index (Phi) is 6.62. The van der Waals surface area contributed by atoms with Gasteiger partial charge in [0.05, 0.1) is 6.33 Å². The predicted octanol–water partition coefficient (Wildman–Crippen LogP) is 2.45. The number of hydrogen-bond donors (Lipinski definition) is 3. The van der Waals surface area contributed by atoms with Gasteiger partial charge in [0.25, 0.3) is 11.8 Å². The highest BCUT2D eigenvalue weighted by Crippen LogP contribution is 2.44. The van der Waals surface area contributed by atoms with Crippen LogP contribution >= 0.6 is 11.6 Å². The molecule has 2 amide bonds. The van der Waals surface area contributed by atoms with Crippen LogP contribution in [-0.4, -0.2) is 67.1 Å². The predicted molar refractivity (Wildman–Crippen MR) is 140 cm³/mol. The molecule has 40 heavy (non-hydrogen) atoms. The number of halogens is 1. The number of hydrogen-bond acceptors (Lipinski definition) is 11. The van der Waals surface area contributed by atoms with Crippen molar-refractivity contribution in [1.29, 1.82) is 0 Å². The third-order valence-electron chi connectivity index (χ3n) is 6.40. The summed E-state index contributed by atoms with van der Waals surface area (Å²) in [6.07, 6.45) is -1.52. The summed E-state index contributed by atoms with van der Waals surface area (Å²) in [5, 5.41) is 6.49. The lowest BCUT2D eigenvalue weighted by atomic mass is 10.1. The number of benzene rings is 1. The minimum Gasteiger partial charge on any atom is -0.355 e. The fraction of sp³-hybridized carbons (Fsp3) is 0.360. The zero-order valence-corrected chi connectivity index (χ0v) is 22.4. The van der Waals surface area contributed by atoms with Gasteiger partial charge in [-0.3, -0.25) is 25.0 Å². The van der Waals surface area contributed by atoms with E-state index in [2.05, 4.69) is 36.3 Å². The largest absolute Gasteiger partial charge is 0.355 e. The first-order valence-corrected chi connectivity index (χ1v) is 12.9. The molecule has 3 aromatic heterocycles. The van der Waals surface area contributed by atoms with Crippen LogP contribution in [0.4, 0.5) is 5.82 Å². The second-order valence-corrected chi connectivity index (χ2v) is 9.93. The van der Waals surface area contributed by atoms with Crippen LogP contribution in [0.3, 0.4) is 0 Å². The average molecular weight is 569 g/mol. The van der Waals surface area contributed by atoms with E-state index >= 15 is 0 Å². The normalized spacial score (nSPS) is 23.2. The van der Waals surface area contributed by atoms with Crippen molar-refractivity contribution in [2.45, 2.75) is 51.1 Å². The average Bonchev–Trinajstić information content (AvgIpc) is 3.70. The first-order chi connectivity index (χ1) is 19.2. The minimum absolute atomic E-state index is 0.0519. The summed E-state index contributed by atoms with van der Waals surface area (Å²) in [5.74, 6) is -1.24. The summed E-state index contributed by atoms with van der Waals surface area (Å²) in [6, 6.07) is 10.8. The molecule has 4 aromatic rings. The summed E-state index contributed by atoms with van der Waals surface area (Å²) in [4.78, 5) is 38.4. The Morgan fingerprint density at radius 1 is 1.12 bits per heavy atom. The number of hydrazine groups is 1. The number of nitrogens with one attached hydrogen (secondary N) is 3. The highest BCUT2D eigenvalue weighted by Gasteiger charge is 2.58. The van der Waals surface area contributed by atoms with Gasteiger partial charge in [-0.15, -0.1) is 0 Å². The molecule has 1 aromatic carbocycles. The third kappa shape index (κ3) is 4.75. The molecule has 0 aliphatic carbocycles. The molecule has 0 radical (unpaired) electrons. The first-order valence-electron chi connectivity index (χ1n) is 12.5. The number of carbonyl (C=O) groups is 2. The number of rotatable bonds is 7. The van der Waals surface area contributed by atoms with Gasteiger partial charge in [-0.1, -0.05) is 35.5 Å². The number of amides is 2. The Labute approximate surface area is 232 Å². The minimum atomic E-state index is -0.927. The second kappa shape index (κ2) is 10.1. The number of imidazole rings is 1. The molecule has 2 aliphatic rings. The number of ether oxygens (including phenoxy) is 3. The Balaban J connectivity index is 1.24. The Hall–Kier alpha value is -4.11. The Morgan fingerprint density at radius 3 is 2.67 bits per heavy atom. The lowest BCUT2D eigenvalue weighted by Gasteiger charge is -2.24. The zero-order chi connectivity index (χ0) is 28.0. The van der Waals surface area contributed by atoms with Crippen molar-refractivity contribution in [1.82, 2.24) is 35.4 Å². The van der Waals surface area contributed by atoms with Gasteiger partial charge in [0.15, 0.2) is 46.6 Å². The number of aromatic nitrogens is 5. The lowest BCUT2D eigenvalue weighted by Crippen LogP contribution is -2.42. The maximum atomic E-state index is 12.8. The highest BCUT2D eigenvalue weighted by molar-refractivity contribution is 6.28. The Bertz CT molecular complexity index is 1570. The number of fused-ring (bicyclic) bond motifs is 2. The molecular weight excluding hydrogens is 544 g/mol. The van der Waals surface area contributed by atoms with Crippen LogP contribution in [-0.2, 0) is 19.0 Å². The monoisotopic (exact) mass is 568 g/mol. The van der Waals surface area contributed by atoms with Crippen LogP contribution < -0.4 is 16.2 Å². The molecule has 208 valence electrons. The Morgan fingerprint density at radius 2 is 1.90 bits per heavy atom. The fourth-order valence-corrected chi connectivity index (χ4v) is 4.92. The molecule has 0 unspecified atom stereocenters. The van der Waals surface area contributed by atoms with E-state index in [1.54, 1.807) is 18.4 Å². The molecule has 15 heteroatoms. The summed E-state index contributed by atoms with van der Waals surface area (Å²) in [5.41, 5.74) is 6.66. The van der Waals surface area contributed by atoms with E-state index in [0.29, 0.717) is 12.3 Å². The second-order valence-electron chi connectivity index (χ2n) is 9.59.